The van der Waals surface area contributed by atoms with E-state index in [-0.39, 0.29) is 11.3 Å². The number of carbonyl (C=O) groups is 2. The van der Waals surface area contributed by atoms with Crippen LogP contribution in [0, 0.1) is 6.92 Å². The lowest BCUT2D eigenvalue weighted by Gasteiger charge is -2.23. The van der Waals surface area contributed by atoms with Crippen molar-refractivity contribution in [3.63, 3.8) is 0 Å². The van der Waals surface area contributed by atoms with E-state index in [2.05, 4.69) is 15.9 Å². The molecule has 5 nitrogen and oxygen atoms in total. The Bertz CT molecular complexity index is 870. The number of aryl methyl sites for hydroxylation is 1. The van der Waals surface area contributed by atoms with E-state index in [1.54, 1.807) is 30.3 Å². The van der Waals surface area contributed by atoms with E-state index in [9.17, 15) is 14.7 Å². The fourth-order valence-corrected chi connectivity index (χ4v) is 3.38. The zero-order valence-corrected chi connectivity index (χ0v) is 16.2. The maximum atomic E-state index is 12.7. The van der Waals surface area contributed by atoms with Gasteiger partial charge in [-0.15, -0.1) is 0 Å². The van der Waals surface area contributed by atoms with Crippen LogP contribution in [-0.2, 0) is 9.59 Å². The SMILES string of the molecule is CCCCN1C(=O)C(=O)/C(=C(\O)c2ccc(Br)c(C)c2)C1c1ccco1. The molecular weight excluding hydrogens is 398 g/mol. The van der Waals surface area contributed by atoms with Crippen LogP contribution in [0.4, 0.5) is 0 Å². The summed E-state index contributed by atoms with van der Waals surface area (Å²) in [6.07, 6.45) is 3.15. The summed E-state index contributed by atoms with van der Waals surface area (Å²) in [5.74, 6) is -0.995. The van der Waals surface area contributed by atoms with Crippen LogP contribution in [0.25, 0.3) is 5.76 Å². The highest BCUT2D eigenvalue weighted by Gasteiger charge is 2.47. The molecule has 0 spiro atoms. The Morgan fingerprint density at radius 1 is 1.31 bits per heavy atom. The van der Waals surface area contributed by atoms with Crippen LogP contribution in [0.5, 0.6) is 0 Å². The molecule has 136 valence electrons. The first-order valence-corrected chi connectivity index (χ1v) is 9.33. The van der Waals surface area contributed by atoms with Crippen molar-refractivity contribution in [2.45, 2.75) is 32.7 Å². The summed E-state index contributed by atoms with van der Waals surface area (Å²) in [5.41, 5.74) is 1.49. The number of aliphatic hydroxyl groups excluding tert-OH is 1. The molecule has 2 aromatic rings. The highest BCUT2D eigenvalue weighted by molar-refractivity contribution is 9.10. The molecule has 1 unspecified atom stereocenters. The molecule has 1 atom stereocenters. The fraction of sp³-hybridized carbons (Fsp3) is 0.300. The van der Waals surface area contributed by atoms with E-state index in [0.29, 0.717) is 17.9 Å². The first-order valence-electron chi connectivity index (χ1n) is 8.54. The zero-order valence-electron chi connectivity index (χ0n) is 14.7. The minimum Gasteiger partial charge on any atom is -0.507 e. The summed E-state index contributed by atoms with van der Waals surface area (Å²) in [7, 11) is 0. The summed E-state index contributed by atoms with van der Waals surface area (Å²) in [6, 6.07) is 8.01. The number of nitrogens with zero attached hydrogens (tertiary/aromatic N) is 1. The van der Waals surface area contributed by atoms with Crippen LogP contribution in [-0.4, -0.2) is 28.2 Å². The number of hydrogen-bond donors (Lipinski definition) is 1. The monoisotopic (exact) mass is 417 g/mol. The summed E-state index contributed by atoms with van der Waals surface area (Å²) < 4.78 is 6.39. The molecule has 1 saturated heterocycles. The normalized spacial score (nSPS) is 19.3. The largest absolute Gasteiger partial charge is 0.507 e. The lowest BCUT2D eigenvalue weighted by molar-refractivity contribution is -0.140. The summed E-state index contributed by atoms with van der Waals surface area (Å²) in [4.78, 5) is 26.7. The smallest absolute Gasteiger partial charge is 0.295 e. The number of ketones is 1. The van der Waals surface area contributed by atoms with Gasteiger partial charge in [0.15, 0.2) is 0 Å². The van der Waals surface area contributed by atoms with E-state index in [1.165, 1.54) is 11.2 Å². The van der Waals surface area contributed by atoms with Crippen LogP contribution < -0.4 is 0 Å². The van der Waals surface area contributed by atoms with Crippen LogP contribution >= 0.6 is 15.9 Å². The Labute approximate surface area is 160 Å². The minimum absolute atomic E-state index is 0.0720. The molecule has 1 aromatic carbocycles. The number of hydrogen-bond acceptors (Lipinski definition) is 4. The van der Waals surface area contributed by atoms with Gasteiger partial charge in [-0.1, -0.05) is 35.3 Å². The van der Waals surface area contributed by atoms with E-state index in [1.807, 2.05) is 13.8 Å². The number of Topliss-reactive ketones (excluding diaryl/α,β-unsaturated/α-hetero) is 1. The van der Waals surface area contributed by atoms with Gasteiger partial charge in [0.2, 0.25) is 0 Å². The Balaban J connectivity index is 2.14. The van der Waals surface area contributed by atoms with Gasteiger partial charge in [0, 0.05) is 16.6 Å². The Morgan fingerprint density at radius 3 is 2.69 bits per heavy atom. The lowest BCUT2D eigenvalue weighted by Crippen LogP contribution is -2.30. The number of unbranched alkanes of at least 4 members (excludes halogenated alkanes) is 1. The molecule has 1 aromatic heterocycles. The molecule has 1 N–H and O–H groups in total. The molecule has 0 aliphatic carbocycles. The van der Waals surface area contributed by atoms with Crippen LogP contribution in [0.15, 0.2) is 51.1 Å². The maximum Gasteiger partial charge on any atom is 0.295 e. The third-order valence-electron chi connectivity index (χ3n) is 4.54. The standard InChI is InChI=1S/C20H20BrNO4/c1-3-4-9-22-17(15-6-5-10-26-15)16(19(24)20(22)25)18(23)13-7-8-14(21)12(2)11-13/h5-8,10-11,17,23H,3-4,9H2,1-2H3/b18-16-. The lowest BCUT2D eigenvalue weighted by atomic mass is 9.98. The van der Waals surface area contributed by atoms with Crippen molar-refractivity contribution in [3.05, 3.63) is 63.5 Å². The Kier molecular flexibility index (Phi) is 5.32. The number of amides is 1. The molecule has 6 heteroatoms. The van der Waals surface area contributed by atoms with Crippen molar-refractivity contribution < 1.29 is 19.1 Å². The van der Waals surface area contributed by atoms with Crippen molar-refractivity contribution >= 4 is 33.4 Å². The second kappa shape index (κ2) is 7.50. The first-order chi connectivity index (χ1) is 12.5. The van der Waals surface area contributed by atoms with Gasteiger partial charge in [0.1, 0.15) is 17.6 Å². The van der Waals surface area contributed by atoms with Crippen LogP contribution in [0.2, 0.25) is 0 Å². The number of aliphatic hydroxyl groups is 1. The van der Waals surface area contributed by atoms with Gasteiger partial charge in [0.25, 0.3) is 11.7 Å². The van der Waals surface area contributed by atoms with Crippen molar-refractivity contribution in [3.8, 4) is 0 Å². The van der Waals surface area contributed by atoms with E-state index in [0.717, 1.165) is 22.9 Å². The summed E-state index contributed by atoms with van der Waals surface area (Å²) >= 11 is 3.42. The third-order valence-corrected chi connectivity index (χ3v) is 5.43. The highest BCUT2D eigenvalue weighted by atomic mass is 79.9. The molecule has 2 heterocycles. The second-order valence-electron chi connectivity index (χ2n) is 6.33. The number of halogens is 1. The molecule has 0 radical (unpaired) electrons. The van der Waals surface area contributed by atoms with Gasteiger partial charge in [-0.25, -0.2) is 0 Å². The fourth-order valence-electron chi connectivity index (χ4n) is 3.13. The van der Waals surface area contributed by atoms with Gasteiger partial charge >= 0.3 is 0 Å². The molecule has 1 amide bonds. The van der Waals surface area contributed by atoms with Crippen molar-refractivity contribution in [1.82, 2.24) is 4.90 Å². The Hall–Kier alpha value is -2.34. The van der Waals surface area contributed by atoms with Gasteiger partial charge in [-0.3, -0.25) is 9.59 Å². The maximum absolute atomic E-state index is 12.7. The highest BCUT2D eigenvalue weighted by Crippen LogP contribution is 2.40. The van der Waals surface area contributed by atoms with Crippen molar-refractivity contribution in [1.29, 1.82) is 0 Å². The summed E-state index contributed by atoms with van der Waals surface area (Å²) in [5, 5.41) is 10.9. The second-order valence-corrected chi connectivity index (χ2v) is 7.18. The summed E-state index contributed by atoms with van der Waals surface area (Å²) in [6.45, 7) is 4.34. The van der Waals surface area contributed by atoms with E-state index >= 15 is 0 Å². The number of carbonyl (C=O) groups excluding carboxylic acids is 2. The van der Waals surface area contributed by atoms with Crippen LogP contribution in [0.3, 0.4) is 0 Å². The topological polar surface area (TPSA) is 70.8 Å². The quantitative estimate of drug-likeness (QED) is 0.439. The molecule has 0 bridgehead atoms. The van der Waals surface area contributed by atoms with Crippen LogP contribution in [0.1, 0.15) is 42.7 Å². The average Bonchev–Trinajstić information content (AvgIpc) is 3.23. The molecule has 26 heavy (non-hydrogen) atoms. The number of furan rings is 1. The number of likely N-dealkylation sites (tertiary alicyclic amines) is 1. The molecule has 1 fully saturated rings. The molecule has 0 saturated carbocycles. The predicted octanol–water partition coefficient (Wildman–Crippen LogP) is 4.57. The first kappa shape index (κ1) is 18.5. The molecule has 1 aliphatic rings. The minimum atomic E-state index is -0.708. The van der Waals surface area contributed by atoms with Gasteiger partial charge in [-0.05, 0) is 43.2 Å². The Morgan fingerprint density at radius 2 is 2.08 bits per heavy atom. The average molecular weight is 418 g/mol. The third kappa shape index (κ3) is 3.21. The van der Waals surface area contributed by atoms with E-state index in [4.69, 9.17) is 4.42 Å². The zero-order chi connectivity index (χ0) is 18.8. The van der Waals surface area contributed by atoms with E-state index < -0.39 is 17.7 Å². The number of benzene rings is 1. The molecule has 1 aliphatic heterocycles. The number of rotatable bonds is 5. The van der Waals surface area contributed by atoms with Crippen molar-refractivity contribution in [2.24, 2.45) is 0 Å². The van der Waals surface area contributed by atoms with Gasteiger partial charge < -0.3 is 14.4 Å². The van der Waals surface area contributed by atoms with Crippen molar-refractivity contribution in [2.75, 3.05) is 6.54 Å². The molecule has 3 rings (SSSR count). The van der Waals surface area contributed by atoms with Gasteiger partial charge in [0.05, 0.1) is 11.8 Å². The molecular formula is C20H20BrNO4. The predicted molar refractivity (Wildman–Crippen MR) is 102 cm³/mol. The van der Waals surface area contributed by atoms with Gasteiger partial charge in [-0.2, -0.15) is 0 Å².